The number of carbonyl (C=O) groups is 1. The molecule has 0 bridgehead atoms. The smallest absolute Gasteiger partial charge is 0.254 e. The van der Waals surface area contributed by atoms with E-state index in [0.29, 0.717) is 22.2 Å². The molecule has 0 saturated carbocycles. The van der Waals surface area contributed by atoms with Crippen LogP contribution in [0.25, 0.3) is 0 Å². The SMILES string of the molecule is O=C(NCCCCBr)c1c(Cl)cccc1Cl. The molecule has 2 nitrogen and oxygen atoms in total. The Morgan fingerprint density at radius 2 is 1.88 bits per heavy atom. The molecular formula is C11H12BrCl2NO. The second-order valence-corrected chi connectivity index (χ2v) is 4.86. The number of rotatable bonds is 5. The van der Waals surface area contributed by atoms with Crippen molar-refractivity contribution in [1.82, 2.24) is 5.32 Å². The quantitative estimate of drug-likeness (QED) is 0.646. The lowest BCUT2D eigenvalue weighted by atomic mass is 10.2. The Balaban J connectivity index is 2.59. The van der Waals surface area contributed by atoms with Crippen LogP contribution in [-0.2, 0) is 0 Å². The minimum atomic E-state index is -0.217. The van der Waals surface area contributed by atoms with Crippen LogP contribution in [0.1, 0.15) is 23.2 Å². The van der Waals surface area contributed by atoms with Crippen molar-refractivity contribution in [3.05, 3.63) is 33.8 Å². The molecular weight excluding hydrogens is 313 g/mol. The van der Waals surface area contributed by atoms with Crippen LogP contribution in [0.15, 0.2) is 18.2 Å². The molecule has 1 aromatic carbocycles. The maximum atomic E-state index is 11.8. The van der Waals surface area contributed by atoms with E-state index >= 15 is 0 Å². The summed E-state index contributed by atoms with van der Waals surface area (Å²) in [6.45, 7) is 0.631. The first kappa shape index (κ1) is 13.8. The summed E-state index contributed by atoms with van der Waals surface area (Å²) in [5.74, 6) is -0.217. The Kier molecular flexibility index (Phi) is 6.17. The average molecular weight is 325 g/mol. The Hall–Kier alpha value is -0.250. The van der Waals surface area contributed by atoms with Crippen LogP contribution in [-0.4, -0.2) is 17.8 Å². The fourth-order valence-corrected chi connectivity index (χ4v) is 2.19. The molecule has 0 heterocycles. The fourth-order valence-electron chi connectivity index (χ4n) is 1.22. The monoisotopic (exact) mass is 323 g/mol. The topological polar surface area (TPSA) is 29.1 Å². The second kappa shape index (κ2) is 7.15. The van der Waals surface area contributed by atoms with E-state index in [1.165, 1.54) is 0 Å². The van der Waals surface area contributed by atoms with Crippen LogP contribution in [0, 0.1) is 0 Å². The highest BCUT2D eigenvalue weighted by molar-refractivity contribution is 9.09. The molecule has 0 radical (unpaired) electrons. The lowest BCUT2D eigenvalue weighted by Crippen LogP contribution is -2.25. The zero-order chi connectivity index (χ0) is 12.0. The fraction of sp³-hybridized carbons (Fsp3) is 0.364. The molecule has 1 aromatic rings. The number of unbranched alkanes of at least 4 members (excludes halogenated alkanes) is 1. The summed E-state index contributed by atoms with van der Waals surface area (Å²) in [6, 6.07) is 5.02. The number of hydrogen-bond donors (Lipinski definition) is 1. The highest BCUT2D eigenvalue weighted by atomic mass is 79.9. The van der Waals surface area contributed by atoms with E-state index in [-0.39, 0.29) is 5.91 Å². The van der Waals surface area contributed by atoms with Crippen molar-refractivity contribution in [3.8, 4) is 0 Å². The van der Waals surface area contributed by atoms with Crippen LogP contribution in [0.3, 0.4) is 0 Å². The molecule has 1 N–H and O–H groups in total. The van der Waals surface area contributed by atoms with Gasteiger partial charge in [0.15, 0.2) is 0 Å². The number of carbonyl (C=O) groups excluding carboxylic acids is 1. The van der Waals surface area contributed by atoms with Crippen molar-refractivity contribution in [2.75, 3.05) is 11.9 Å². The molecule has 0 aliphatic carbocycles. The lowest BCUT2D eigenvalue weighted by Gasteiger charge is -2.07. The third-order valence-corrected chi connectivity index (χ3v) is 3.23. The van der Waals surface area contributed by atoms with Gasteiger partial charge in [0.1, 0.15) is 0 Å². The summed E-state index contributed by atoms with van der Waals surface area (Å²) >= 11 is 15.2. The zero-order valence-corrected chi connectivity index (χ0v) is 11.7. The maximum absolute atomic E-state index is 11.8. The highest BCUT2D eigenvalue weighted by Crippen LogP contribution is 2.23. The molecule has 0 spiro atoms. The van der Waals surface area contributed by atoms with E-state index in [2.05, 4.69) is 21.2 Å². The minimum Gasteiger partial charge on any atom is -0.352 e. The first-order valence-electron chi connectivity index (χ1n) is 4.95. The normalized spacial score (nSPS) is 10.2. The summed E-state index contributed by atoms with van der Waals surface area (Å²) in [6.07, 6.45) is 1.95. The second-order valence-electron chi connectivity index (χ2n) is 3.25. The van der Waals surface area contributed by atoms with Gasteiger partial charge in [0.25, 0.3) is 5.91 Å². The van der Waals surface area contributed by atoms with Gasteiger partial charge in [0, 0.05) is 11.9 Å². The van der Waals surface area contributed by atoms with Gasteiger partial charge in [0.05, 0.1) is 15.6 Å². The van der Waals surface area contributed by atoms with Crippen LogP contribution < -0.4 is 5.32 Å². The molecule has 1 rings (SSSR count). The average Bonchev–Trinajstić information content (AvgIpc) is 2.24. The zero-order valence-electron chi connectivity index (χ0n) is 8.60. The number of nitrogens with one attached hydrogen (secondary N) is 1. The molecule has 5 heteroatoms. The molecule has 0 aliphatic heterocycles. The van der Waals surface area contributed by atoms with Gasteiger partial charge in [-0.2, -0.15) is 0 Å². The van der Waals surface area contributed by atoms with E-state index in [9.17, 15) is 4.79 Å². The van der Waals surface area contributed by atoms with Crippen molar-refractivity contribution in [2.24, 2.45) is 0 Å². The van der Waals surface area contributed by atoms with Gasteiger partial charge in [0.2, 0.25) is 0 Å². The van der Waals surface area contributed by atoms with Gasteiger partial charge < -0.3 is 5.32 Å². The first-order chi connectivity index (χ1) is 7.66. The van der Waals surface area contributed by atoms with Gasteiger partial charge in [-0.15, -0.1) is 0 Å². The Morgan fingerprint density at radius 3 is 2.44 bits per heavy atom. The molecule has 1 amide bonds. The minimum absolute atomic E-state index is 0.217. The number of amides is 1. The molecule has 0 atom stereocenters. The Bertz CT molecular complexity index is 351. The molecule has 0 fully saturated rings. The standard InChI is InChI=1S/C11H12BrCl2NO/c12-6-1-2-7-15-11(16)10-8(13)4-3-5-9(10)14/h3-5H,1-2,6-7H2,(H,15,16). The highest BCUT2D eigenvalue weighted by Gasteiger charge is 2.13. The molecule has 0 unspecified atom stereocenters. The summed E-state index contributed by atoms with van der Waals surface area (Å²) in [5.41, 5.74) is 0.352. The van der Waals surface area contributed by atoms with Gasteiger partial charge in [-0.3, -0.25) is 4.79 Å². The van der Waals surface area contributed by atoms with Crippen molar-refractivity contribution in [3.63, 3.8) is 0 Å². The van der Waals surface area contributed by atoms with Crippen molar-refractivity contribution in [1.29, 1.82) is 0 Å². The molecule has 0 aromatic heterocycles. The molecule has 0 saturated heterocycles. The van der Waals surface area contributed by atoms with E-state index in [1.54, 1.807) is 18.2 Å². The predicted octanol–water partition coefficient (Wildman–Crippen LogP) is 3.90. The third-order valence-electron chi connectivity index (χ3n) is 2.04. The van der Waals surface area contributed by atoms with Gasteiger partial charge >= 0.3 is 0 Å². The number of benzene rings is 1. The van der Waals surface area contributed by atoms with Crippen LogP contribution in [0.4, 0.5) is 0 Å². The van der Waals surface area contributed by atoms with Gasteiger partial charge in [-0.05, 0) is 25.0 Å². The number of hydrogen-bond acceptors (Lipinski definition) is 1. The molecule has 0 aliphatic rings. The van der Waals surface area contributed by atoms with Crippen molar-refractivity contribution >= 4 is 45.0 Å². The lowest BCUT2D eigenvalue weighted by molar-refractivity contribution is 0.0953. The van der Waals surface area contributed by atoms with Crippen LogP contribution in [0.5, 0.6) is 0 Å². The van der Waals surface area contributed by atoms with Crippen molar-refractivity contribution < 1.29 is 4.79 Å². The van der Waals surface area contributed by atoms with Crippen LogP contribution in [0.2, 0.25) is 10.0 Å². The van der Waals surface area contributed by atoms with E-state index in [4.69, 9.17) is 23.2 Å². The van der Waals surface area contributed by atoms with E-state index in [0.717, 1.165) is 18.2 Å². The molecule has 16 heavy (non-hydrogen) atoms. The third kappa shape index (κ3) is 3.96. The Labute approximate surface area is 113 Å². The van der Waals surface area contributed by atoms with Crippen molar-refractivity contribution in [2.45, 2.75) is 12.8 Å². The molecule has 88 valence electrons. The summed E-state index contributed by atoms with van der Waals surface area (Å²) in [5, 5.41) is 4.49. The van der Waals surface area contributed by atoms with E-state index in [1.807, 2.05) is 0 Å². The van der Waals surface area contributed by atoms with Crippen LogP contribution >= 0.6 is 39.1 Å². The Morgan fingerprint density at radius 1 is 1.25 bits per heavy atom. The maximum Gasteiger partial charge on any atom is 0.254 e. The summed E-state index contributed by atoms with van der Waals surface area (Å²) < 4.78 is 0. The van der Waals surface area contributed by atoms with Gasteiger partial charge in [-0.1, -0.05) is 45.2 Å². The van der Waals surface area contributed by atoms with E-state index < -0.39 is 0 Å². The first-order valence-corrected chi connectivity index (χ1v) is 6.82. The summed E-state index contributed by atoms with van der Waals surface area (Å²) in [7, 11) is 0. The predicted molar refractivity (Wildman–Crippen MR) is 71.8 cm³/mol. The summed E-state index contributed by atoms with van der Waals surface area (Å²) in [4.78, 5) is 11.8. The number of alkyl halides is 1. The largest absolute Gasteiger partial charge is 0.352 e. The van der Waals surface area contributed by atoms with Gasteiger partial charge in [-0.25, -0.2) is 0 Å². The number of halogens is 3.